The number of nitrogens with zero attached hydrogens (tertiary/aromatic N) is 1. The lowest BCUT2D eigenvalue weighted by molar-refractivity contribution is 0.290. The zero-order valence-electron chi connectivity index (χ0n) is 12.2. The third kappa shape index (κ3) is 3.12. The molecule has 20 heavy (non-hydrogen) atoms. The fourth-order valence-electron chi connectivity index (χ4n) is 3.23. The van der Waals surface area contributed by atoms with Gasteiger partial charge in [0.1, 0.15) is 5.84 Å². The first-order valence-electron chi connectivity index (χ1n) is 7.46. The first kappa shape index (κ1) is 14.9. The average Bonchev–Trinajstić information content (AvgIpc) is 2.46. The summed E-state index contributed by atoms with van der Waals surface area (Å²) in [5.74, 6) is 0.0995. The van der Waals surface area contributed by atoms with Gasteiger partial charge in [0.25, 0.3) is 0 Å². The van der Waals surface area contributed by atoms with Crippen LogP contribution in [0, 0.1) is 12.3 Å². The summed E-state index contributed by atoms with van der Waals surface area (Å²) in [6.45, 7) is 2.78. The third-order valence-electron chi connectivity index (χ3n) is 4.17. The van der Waals surface area contributed by atoms with Crippen LogP contribution in [0.2, 0.25) is 0 Å². The van der Waals surface area contributed by atoms with Crippen LogP contribution in [0.25, 0.3) is 0 Å². The molecular formula is C16H25N3O. The minimum Gasteiger partial charge on any atom is -0.395 e. The Kier molecular flexibility index (Phi) is 5.01. The summed E-state index contributed by atoms with van der Waals surface area (Å²) in [4.78, 5) is 2.27. The Morgan fingerprint density at radius 2 is 2.05 bits per heavy atom. The van der Waals surface area contributed by atoms with Gasteiger partial charge < -0.3 is 15.7 Å². The Balaban J connectivity index is 2.39. The monoisotopic (exact) mass is 275 g/mol. The van der Waals surface area contributed by atoms with E-state index in [0.717, 1.165) is 29.7 Å². The molecule has 4 nitrogen and oxygen atoms in total. The zero-order chi connectivity index (χ0) is 14.5. The summed E-state index contributed by atoms with van der Waals surface area (Å²) >= 11 is 0. The number of para-hydroxylation sites is 1. The second-order valence-electron chi connectivity index (χ2n) is 5.59. The molecule has 110 valence electrons. The molecular weight excluding hydrogens is 250 g/mol. The first-order chi connectivity index (χ1) is 9.65. The van der Waals surface area contributed by atoms with Gasteiger partial charge in [0, 0.05) is 18.2 Å². The first-order valence-corrected chi connectivity index (χ1v) is 7.46. The number of rotatable bonds is 5. The van der Waals surface area contributed by atoms with E-state index in [1.807, 2.05) is 12.1 Å². The molecule has 0 heterocycles. The predicted octanol–water partition coefficient (Wildman–Crippen LogP) is 2.41. The van der Waals surface area contributed by atoms with Crippen molar-refractivity contribution in [3.05, 3.63) is 29.3 Å². The quantitative estimate of drug-likeness (QED) is 0.570. The summed E-state index contributed by atoms with van der Waals surface area (Å²) in [5.41, 5.74) is 8.67. The van der Waals surface area contributed by atoms with Crippen LogP contribution in [0.15, 0.2) is 18.2 Å². The number of hydrogen-bond acceptors (Lipinski definition) is 3. The van der Waals surface area contributed by atoms with Crippen molar-refractivity contribution in [2.24, 2.45) is 5.73 Å². The topological polar surface area (TPSA) is 73.3 Å². The lowest BCUT2D eigenvalue weighted by Gasteiger charge is -2.37. The molecule has 0 saturated heterocycles. The number of nitrogens with one attached hydrogen (secondary N) is 1. The van der Waals surface area contributed by atoms with Gasteiger partial charge >= 0.3 is 0 Å². The molecule has 1 aromatic rings. The molecule has 4 N–H and O–H groups in total. The molecule has 1 aromatic carbocycles. The van der Waals surface area contributed by atoms with E-state index in [0.29, 0.717) is 12.6 Å². The molecule has 0 aliphatic heterocycles. The number of nitrogens with two attached hydrogens (primary N) is 1. The molecule has 2 rings (SSSR count). The van der Waals surface area contributed by atoms with Gasteiger partial charge in [-0.1, -0.05) is 31.4 Å². The normalized spacial score (nSPS) is 16.1. The molecule has 0 spiro atoms. The standard InChI is InChI=1S/C16H25N3O/c1-12-6-5-9-14(16(17)18)15(12)19(10-11-20)13-7-3-2-4-8-13/h5-6,9,13,20H,2-4,7-8,10-11H2,1H3,(H3,17,18). The summed E-state index contributed by atoms with van der Waals surface area (Å²) in [5, 5.41) is 17.2. The SMILES string of the molecule is Cc1cccc(C(=N)N)c1N(CCO)C1CCCCC1. The van der Waals surface area contributed by atoms with Crippen molar-refractivity contribution in [3.63, 3.8) is 0 Å². The Labute approximate surface area is 121 Å². The van der Waals surface area contributed by atoms with Crippen LogP contribution in [0.3, 0.4) is 0 Å². The molecule has 4 heteroatoms. The van der Waals surface area contributed by atoms with Crippen LogP contribution < -0.4 is 10.6 Å². The van der Waals surface area contributed by atoms with E-state index < -0.39 is 0 Å². The number of aliphatic hydroxyl groups excluding tert-OH is 1. The molecule has 1 aliphatic rings. The number of benzene rings is 1. The maximum atomic E-state index is 9.42. The fraction of sp³-hybridized carbons (Fsp3) is 0.562. The van der Waals surface area contributed by atoms with Crippen LogP contribution in [0.4, 0.5) is 5.69 Å². The highest BCUT2D eigenvalue weighted by molar-refractivity contribution is 6.01. The number of nitrogen functional groups attached to an aromatic ring is 1. The summed E-state index contributed by atoms with van der Waals surface area (Å²) in [7, 11) is 0. The molecule has 0 radical (unpaired) electrons. The Morgan fingerprint density at radius 3 is 2.65 bits per heavy atom. The molecule has 1 fully saturated rings. The summed E-state index contributed by atoms with van der Waals surface area (Å²) in [6, 6.07) is 6.34. The van der Waals surface area contributed by atoms with Crippen molar-refractivity contribution in [2.75, 3.05) is 18.1 Å². The third-order valence-corrected chi connectivity index (χ3v) is 4.17. The highest BCUT2D eigenvalue weighted by Gasteiger charge is 2.24. The number of aliphatic hydroxyl groups is 1. The van der Waals surface area contributed by atoms with Crippen molar-refractivity contribution in [3.8, 4) is 0 Å². The van der Waals surface area contributed by atoms with Gasteiger partial charge in [-0.3, -0.25) is 5.41 Å². The van der Waals surface area contributed by atoms with Crippen molar-refractivity contribution in [2.45, 2.75) is 45.1 Å². The maximum absolute atomic E-state index is 9.42. The second kappa shape index (κ2) is 6.75. The smallest absolute Gasteiger partial charge is 0.124 e. The van der Waals surface area contributed by atoms with Crippen LogP contribution in [-0.4, -0.2) is 30.1 Å². The highest BCUT2D eigenvalue weighted by atomic mass is 16.3. The van der Waals surface area contributed by atoms with E-state index in [-0.39, 0.29) is 12.4 Å². The molecule has 0 atom stereocenters. The number of amidine groups is 1. The molecule has 1 aliphatic carbocycles. The largest absolute Gasteiger partial charge is 0.395 e. The molecule has 0 amide bonds. The van der Waals surface area contributed by atoms with Gasteiger partial charge in [0.2, 0.25) is 0 Å². The van der Waals surface area contributed by atoms with Crippen molar-refractivity contribution < 1.29 is 5.11 Å². The van der Waals surface area contributed by atoms with Gasteiger partial charge in [-0.25, -0.2) is 0 Å². The molecule has 1 saturated carbocycles. The van der Waals surface area contributed by atoms with Gasteiger partial charge in [-0.2, -0.15) is 0 Å². The average molecular weight is 275 g/mol. The second-order valence-corrected chi connectivity index (χ2v) is 5.59. The van der Waals surface area contributed by atoms with Crippen LogP contribution in [0.1, 0.15) is 43.2 Å². The summed E-state index contributed by atoms with van der Waals surface area (Å²) in [6.07, 6.45) is 6.11. The lowest BCUT2D eigenvalue weighted by atomic mass is 9.92. The van der Waals surface area contributed by atoms with E-state index in [1.165, 1.54) is 19.3 Å². The van der Waals surface area contributed by atoms with E-state index in [2.05, 4.69) is 17.9 Å². The maximum Gasteiger partial charge on any atom is 0.124 e. The minimum atomic E-state index is 0.0995. The summed E-state index contributed by atoms with van der Waals surface area (Å²) < 4.78 is 0. The highest BCUT2D eigenvalue weighted by Crippen LogP contribution is 2.31. The van der Waals surface area contributed by atoms with Gasteiger partial charge in [0.05, 0.1) is 12.3 Å². The van der Waals surface area contributed by atoms with Gasteiger partial charge in [-0.05, 0) is 31.4 Å². The number of aryl methyl sites for hydroxylation is 1. The number of hydrogen-bond donors (Lipinski definition) is 3. The Morgan fingerprint density at radius 1 is 1.35 bits per heavy atom. The Bertz CT molecular complexity index is 467. The van der Waals surface area contributed by atoms with Gasteiger partial charge in [0.15, 0.2) is 0 Å². The lowest BCUT2D eigenvalue weighted by Crippen LogP contribution is -2.40. The van der Waals surface area contributed by atoms with Crippen LogP contribution >= 0.6 is 0 Å². The predicted molar refractivity (Wildman–Crippen MR) is 83.5 cm³/mol. The molecule has 0 bridgehead atoms. The van der Waals surface area contributed by atoms with Crippen molar-refractivity contribution in [1.82, 2.24) is 0 Å². The minimum absolute atomic E-state index is 0.0995. The fourth-order valence-corrected chi connectivity index (χ4v) is 3.23. The van der Waals surface area contributed by atoms with E-state index in [9.17, 15) is 5.11 Å². The van der Waals surface area contributed by atoms with Crippen LogP contribution in [0.5, 0.6) is 0 Å². The van der Waals surface area contributed by atoms with Crippen molar-refractivity contribution >= 4 is 11.5 Å². The van der Waals surface area contributed by atoms with E-state index in [1.54, 1.807) is 0 Å². The molecule has 0 aromatic heterocycles. The van der Waals surface area contributed by atoms with Crippen LogP contribution in [-0.2, 0) is 0 Å². The number of anilines is 1. The Hall–Kier alpha value is -1.55. The van der Waals surface area contributed by atoms with E-state index >= 15 is 0 Å². The van der Waals surface area contributed by atoms with Gasteiger partial charge in [-0.15, -0.1) is 0 Å². The van der Waals surface area contributed by atoms with Crippen molar-refractivity contribution in [1.29, 1.82) is 5.41 Å². The molecule has 0 unspecified atom stereocenters. The zero-order valence-corrected chi connectivity index (χ0v) is 12.2. The van der Waals surface area contributed by atoms with E-state index in [4.69, 9.17) is 11.1 Å².